The van der Waals surface area contributed by atoms with E-state index in [1.165, 1.54) is 24.5 Å². The van der Waals surface area contributed by atoms with E-state index in [1.807, 2.05) is 0 Å². The number of benzene rings is 2. The Labute approximate surface area is 143 Å². The third-order valence-electron chi connectivity index (χ3n) is 3.25. The van der Waals surface area contributed by atoms with Crippen LogP contribution in [0.5, 0.6) is 23.0 Å². The van der Waals surface area contributed by atoms with Gasteiger partial charge in [0.25, 0.3) is 0 Å². The Morgan fingerprint density at radius 3 is 2.24 bits per heavy atom. The molecule has 0 atom stereocenters. The molecule has 8 heteroatoms. The molecule has 0 unspecified atom stereocenters. The maximum Gasteiger partial charge on any atom is 0.306 e. The van der Waals surface area contributed by atoms with Crippen molar-refractivity contribution in [2.45, 2.75) is 0 Å². The van der Waals surface area contributed by atoms with Crippen molar-refractivity contribution in [3.05, 3.63) is 59.0 Å². The van der Waals surface area contributed by atoms with Gasteiger partial charge in [-0.25, -0.2) is 0 Å². The van der Waals surface area contributed by atoms with E-state index in [1.54, 1.807) is 31.4 Å². The van der Waals surface area contributed by atoms with Crippen LogP contribution in [0, 0.1) is 0 Å². The summed E-state index contributed by atoms with van der Waals surface area (Å²) < 4.78 is 43.1. The lowest BCUT2D eigenvalue weighted by Gasteiger charge is -2.07. The van der Waals surface area contributed by atoms with Crippen LogP contribution in [0.1, 0.15) is 0 Å². The molecule has 3 rings (SSSR count). The Balaban J connectivity index is 1.94. The van der Waals surface area contributed by atoms with Gasteiger partial charge < -0.3 is 18.1 Å². The standard InChI is InChI=1S/C17H14O7S/c1-21-11-3-5-12(6-4-11)23-16-10-22-15-9-13(24-25(2,19)20)7-8-14(15)17(16)18/h3-10H,1-2H3. The number of rotatable bonds is 5. The van der Waals surface area contributed by atoms with Crippen molar-refractivity contribution in [3.63, 3.8) is 0 Å². The first-order valence-electron chi connectivity index (χ1n) is 7.13. The van der Waals surface area contributed by atoms with Crippen LogP contribution in [0.3, 0.4) is 0 Å². The molecule has 1 aromatic heterocycles. The lowest BCUT2D eigenvalue weighted by Crippen LogP contribution is -2.07. The van der Waals surface area contributed by atoms with Crippen molar-refractivity contribution in [2.24, 2.45) is 0 Å². The normalized spacial score (nSPS) is 11.3. The zero-order valence-corrected chi connectivity index (χ0v) is 14.2. The van der Waals surface area contributed by atoms with E-state index in [-0.39, 0.29) is 27.9 Å². The maximum absolute atomic E-state index is 12.5. The van der Waals surface area contributed by atoms with Crippen molar-refractivity contribution >= 4 is 21.1 Å². The molecule has 0 bridgehead atoms. The minimum Gasteiger partial charge on any atom is -0.497 e. The second-order valence-corrected chi connectivity index (χ2v) is 6.73. The van der Waals surface area contributed by atoms with Gasteiger partial charge in [-0.05, 0) is 36.4 Å². The molecule has 130 valence electrons. The van der Waals surface area contributed by atoms with Crippen molar-refractivity contribution in [1.29, 1.82) is 0 Å². The van der Waals surface area contributed by atoms with Gasteiger partial charge in [-0.2, -0.15) is 8.42 Å². The van der Waals surface area contributed by atoms with E-state index in [9.17, 15) is 13.2 Å². The van der Waals surface area contributed by atoms with Crippen LogP contribution in [0.4, 0.5) is 0 Å². The molecule has 0 amide bonds. The van der Waals surface area contributed by atoms with Crippen LogP contribution in [0.2, 0.25) is 0 Å². The summed E-state index contributed by atoms with van der Waals surface area (Å²) in [6.45, 7) is 0. The van der Waals surface area contributed by atoms with Gasteiger partial charge in [-0.1, -0.05) is 0 Å². The smallest absolute Gasteiger partial charge is 0.306 e. The number of ether oxygens (including phenoxy) is 2. The van der Waals surface area contributed by atoms with Gasteiger partial charge in [-0.15, -0.1) is 0 Å². The molecule has 2 aromatic carbocycles. The van der Waals surface area contributed by atoms with Crippen LogP contribution >= 0.6 is 0 Å². The fourth-order valence-corrected chi connectivity index (χ4v) is 2.61. The summed E-state index contributed by atoms with van der Waals surface area (Å²) in [7, 11) is -2.11. The van der Waals surface area contributed by atoms with Crippen LogP contribution < -0.4 is 19.1 Å². The first kappa shape index (κ1) is 16.8. The zero-order chi connectivity index (χ0) is 18.0. The number of methoxy groups -OCH3 is 1. The monoisotopic (exact) mass is 362 g/mol. The average Bonchev–Trinajstić information content (AvgIpc) is 2.56. The van der Waals surface area contributed by atoms with Gasteiger partial charge >= 0.3 is 10.1 Å². The van der Waals surface area contributed by atoms with Gasteiger partial charge in [0, 0.05) is 6.07 Å². The number of fused-ring (bicyclic) bond motifs is 1. The zero-order valence-electron chi connectivity index (χ0n) is 13.4. The Morgan fingerprint density at radius 2 is 1.60 bits per heavy atom. The number of hydrogen-bond acceptors (Lipinski definition) is 7. The topological polar surface area (TPSA) is 92.0 Å². The lowest BCUT2D eigenvalue weighted by molar-refractivity contribution is 0.412. The highest BCUT2D eigenvalue weighted by Crippen LogP contribution is 2.25. The van der Waals surface area contributed by atoms with Crippen molar-refractivity contribution < 1.29 is 26.5 Å². The highest BCUT2D eigenvalue weighted by Gasteiger charge is 2.12. The van der Waals surface area contributed by atoms with Crippen LogP contribution in [-0.4, -0.2) is 21.8 Å². The molecular weight excluding hydrogens is 348 g/mol. The highest BCUT2D eigenvalue weighted by atomic mass is 32.2. The summed E-state index contributed by atoms with van der Waals surface area (Å²) in [6.07, 6.45) is 2.10. The second kappa shape index (κ2) is 6.48. The molecule has 7 nitrogen and oxygen atoms in total. The fourth-order valence-electron chi connectivity index (χ4n) is 2.16. The van der Waals surface area contributed by atoms with Gasteiger partial charge in [0.15, 0.2) is 0 Å². The van der Waals surface area contributed by atoms with Crippen molar-refractivity contribution in [3.8, 4) is 23.0 Å². The fraction of sp³-hybridized carbons (Fsp3) is 0.118. The number of hydrogen-bond donors (Lipinski definition) is 0. The van der Waals surface area contributed by atoms with E-state index in [2.05, 4.69) is 0 Å². The van der Waals surface area contributed by atoms with Crippen molar-refractivity contribution in [2.75, 3.05) is 13.4 Å². The molecule has 0 aliphatic heterocycles. The van der Waals surface area contributed by atoms with Crippen LogP contribution in [-0.2, 0) is 10.1 Å². The SMILES string of the molecule is COc1ccc(Oc2coc3cc(OS(C)(=O)=O)ccc3c2=O)cc1. The molecule has 1 heterocycles. The summed E-state index contributed by atoms with van der Waals surface area (Å²) in [6, 6.07) is 10.8. The van der Waals surface area contributed by atoms with Crippen LogP contribution in [0.15, 0.2) is 57.9 Å². The summed E-state index contributed by atoms with van der Waals surface area (Å²) in [5, 5.41) is 0.242. The molecule has 0 aliphatic carbocycles. The van der Waals surface area contributed by atoms with Gasteiger partial charge in [0.05, 0.1) is 18.8 Å². The Hall–Kier alpha value is -3.00. The summed E-state index contributed by atoms with van der Waals surface area (Å²) in [5.74, 6) is 1.18. The predicted molar refractivity (Wildman–Crippen MR) is 91.0 cm³/mol. The first-order chi connectivity index (χ1) is 11.9. The third-order valence-corrected chi connectivity index (χ3v) is 3.74. The maximum atomic E-state index is 12.5. The lowest BCUT2D eigenvalue weighted by atomic mass is 10.2. The quantitative estimate of drug-likeness (QED) is 0.644. The average molecular weight is 362 g/mol. The molecule has 0 saturated carbocycles. The minimum atomic E-state index is -3.67. The second-order valence-electron chi connectivity index (χ2n) is 5.15. The van der Waals surface area contributed by atoms with Gasteiger partial charge in [0.2, 0.25) is 11.2 Å². The molecule has 0 radical (unpaired) electrons. The van der Waals surface area contributed by atoms with Gasteiger partial charge in [-0.3, -0.25) is 4.79 Å². The Kier molecular flexibility index (Phi) is 4.37. The molecule has 0 spiro atoms. The van der Waals surface area contributed by atoms with E-state index in [0.717, 1.165) is 6.26 Å². The first-order valence-corrected chi connectivity index (χ1v) is 8.94. The summed E-state index contributed by atoms with van der Waals surface area (Å²) in [4.78, 5) is 12.5. The predicted octanol–water partition coefficient (Wildman–Crippen LogP) is 2.93. The molecule has 0 N–H and O–H groups in total. The highest BCUT2D eigenvalue weighted by molar-refractivity contribution is 7.86. The molecule has 25 heavy (non-hydrogen) atoms. The van der Waals surface area contributed by atoms with E-state index in [0.29, 0.717) is 11.5 Å². The molecular formula is C17H14O7S. The van der Waals surface area contributed by atoms with E-state index < -0.39 is 10.1 Å². The summed E-state index contributed by atoms with van der Waals surface area (Å²) >= 11 is 0. The molecule has 0 fully saturated rings. The van der Waals surface area contributed by atoms with E-state index in [4.69, 9.17) is 18.1 Å². The molecule has 0 saturated heterocycles. The van der Waals surface area contributed by atoms with Gasteiger partial charge in [0.1, 0.15) is 29.1 Å². The molecule has 3 aromatic rings. The minimum absolute atomic E-state index is 0.00875. The third kappa shape index (κ3) is 3.92. The Morgan fingerprint density at radius 1 is 0.960 bits per heavy atom. The van der Waals surface area contributed by atoms with Crippen molar-refractivity contribution in [1.82, 2.24) is 0 Å². The largest absolute Gasteiger partial charge is 0.497 e. The Bertz CT molecular complexity index is 1070. The van der Waals surface area contributed by atoms with E-state index >= 15 is 0 Å². The molecule has 0 aliphatic rings. The summed E-state index contributed by atoms with van der Waals surface area (Å²) in [5.41, 5.74) is -0.198. The van der Waals surface area contributed by atoms with Crippen LogP contribution in [0.25, 0.3) is 11.0 Å².